The van der Waals surface area contributed by atoms with Crippen LogP contribution in [-0.4, -0.2) is 42.8 Å². The van der Waals surface area contributed by atoms with E-state index in [4.69, 9.17) is 4.74 Å². The summed E-state index contributed by atoms with van der Waals surface area (Å²) in [5, 5.41) is 0. The third-order valence-corrected chi connectivity index (χ3v) is 4.37. The molecular weight excluding hydrogens is 290 g/mol. The van der Waals surface area contributed by atoms with Gasteiger partial charge in [0.25, 0.3) is 5.56 Å². The Kier molecular flexibility index (Phi) is 4.67. The molecule has 0 atom stereocenters. The molecule has 5 nitrogen and oxygen atoms in total. The summed E-state index contributed by atoms with van der Waals surface area (Å²) in [4.78, 5) is 16.5. The van der Waals surface area contributed by atoms with Crippen LogP contribution in [0.4, 0.5) is 5.69 Å². The Bertz CT molecular complexity index is 718. The van der Waals surface area contributed by atoms with Gasteiger partial charge in [0.15, 0.2) is 0 Å². The van der Waals surface area contributed by atoms with Gasteiger partial charge in [0.2, 0.25) is 0 Å². The minimum Gasteiger partial charge on any atom is -0.497 e. The van der Waals surface area contributed by atoms with E-state index in [1.165, 1.54) is 5.69 Å². The summed E-state index contributed by atoms with van der Waals surface area (Å²) in [6.45, 7) is 4.79. The number of anilines is 1. The van der Waals surface area contributed by atoms with Crippen LogP contribution in [0.15, 0.2) is 47.4 Å². The van der Waals surface area contributed by atoms with E-state index in [1.54, 1.807) is 24.8 Å². The van der Waals surface area contributed by atoms with Crippen LogP contribution in [0.2, 0.25) is 0 Å². The highest BCUT2D eigenvalue weighted by molar-refractivity contribution is 5.51. The Balaban J connectivity index is 1.59. The van der Waals surface area contributed by atoms with Gasteiger partial charge in [-0.25, -0.2) is 0 Å². The number of hydrogen-bond donors (Lipinski definition) is 0. The summed E-state index contributed by atoms with van der Waals surface area (Å²) in [6, 6.07) is 12.0. The first-order valence-electron chi connectivity index (χ1n) is 7.92. The molecule has 1 fully saturated rings. The minimum atomic E-state index is 0.0533. The van der Waals surface area contributed by atoms with Crippen molar-refractivity contribution in [1.82, 2.24) is 9.47 Å². The van der Waals surface area contributed by atoms with Crippen molar-refractivity contribution >= 4 is 5.69 Å². The van der Waals surface area contributed by atoms with Gasteiger partial charge in [0.1, 0.15) is 5.75 Å². The Labute approximate surface area is 136 Å². The second kappa shape index (κ2) is 6.87. The minimum absolute atomic E-state index is 0.0533. The molecule has 0 spiro atoms. The van der Waals surface area contributed by atoms with Gasteiger partial charge in [0.05, 0.1) is 7.11 Å². The molecule has 0 N–H and O–H groups in total. The first kappa shape index (κ1) is 15.6. The first-order valence-corrected chi connectivity index (χ1v) is 7.92. The number of methoxy groups -OCH3 is 1. The molecule has 23 heavy (non-hydrogen) atoms. The fourth-order valence-electron chi connectivity index (χ4n) is 2.92. The molecule has 1 aliphatic heterocycles. The molecule has 1 aromatic carbocycles. The molecule has 0 radical (unpaired) electrons. The number of aryl methyl sites for hydroxylation is 1. The maximum atomic E-state index is 11.7. The van der Waals surface area contributed by atoms with E-state index in [-0.39, 0.29) is 5.56 Å². The molecule has 2 aromatic rings. The molecule has 3 rings (SSSR count). The van der Waals surface area contributed by atoms with Crippen molar-refractivity contribution in [2.75, 3.05) is 38.2 Å². The highest BCUT2D eigenvalue weighted by Gasteiger charge is 2.17. The van der Waals surface area contributed by atoms with E-state index in [0.29, 0.717) is 0 Å². The van der Waals surface area contributed by atoms with E-state index >= 15 is 0 Å². The number of hydrogen-bond acceptors (Lipinski definition) is 4. The first-order chi connectivity index (χ1) is 11.2. The van der Waals surface area contributed by atoms with Crippen LogP contribution in [0.1, 0.15) is 5.56 Å². The molecule has 122 valence electrons. The van der Waals surface area contributed by atoms with E-state index in [0.717, 1.165) is 44.0 Å². The van der Waals surface area contributed by atoms with Crippen molar-refractivity contribution in [3.05, 3.63) is 58.5 Å². The fraction of sp³-hybridized carbons (Fsp3) is 0.389. The Morgan fingerprint density at radius 1 is 1.09 bits per heavy atom. The quantitative estimate of drug-likeness (QED) is 0.861. The summed E-state index contributed by atoms with van der Waals surface area (Å²) < 4.78 is 6.90. The molecule has 1 saturated heterocycles. The zero-order chi connectivity index (χ0) is 16.2. The summed E-state index contributed by atoms with van der Waals surface area (Å²) in [7, 11) is 3.47. The highest BCUT2D eigenvalue weighted by Crippen LogP contribution is 2.22. The second-order valence-electron chi connectivity index (χ2n) is 5.95. The summed E-state index contributed by atoms with van der Waals surface area (Å²) in [5.41, 5.74) is 2.35. The van der Waals surface area contributed by atoms with Crippen molar-refractivity contribution in [3.63, 3.8) is 0 Å². The van der Waals surface area contributed by atoms with Crippen LogP contribution < -0.4 is 15.2 Å². The monoisotopic (exact) mass is 313 g/mol. The Morgan fingerprint density at radius 2 is 1.87 bits per heavy atom. The van der Waals surface area contributed by atoms with E-state index in [1.807, 2.05) is 24.4 Å². The van der Waals surface area contributed by atoms with Crippen LogP contribution in [0, 0.1) is 0 Å². The van der Waals surface area contributed by atoms with Gasteiger partial charge in [-0.1, -0.05) is 6.07 Å². The third-order valence-electron chi connectivity index (χ3n) is 4.37. The summed E-state index contributed by atoms with van der Waals surface area (Å²) in [5.74, 6) is 0.894. The smallest absolute Gasteiger partial charge is 0.250 e. The lowest BCUT2D eigenvalue weighted by atomic mass is 10.2. The molecule has 0 aliphatic carbocycles. The van der Waals surface area contributed by atoms with Crippen molar-refractivity contribution in [2.24, 2.45) is 7.05 Å². The second-order valence-corrected chi connectivity index (χ2v) is 5.95. The number of benzene rings is 1. The maximum absolute atomic E-state index is 11.7. The van der Waals surface area contributed by atoms with E-state index < -0.39 is 0 Å². The van der Waals surface area contributed by atoms with Gasteiger partial charge in [-0.3, -0.25) is 9.69 Å². The topological polar surface area (TPSA) is 37.7 Å². The van der Waals surface area contributed by atoms with Crippen LogP contribution in [0.25, 0.3) is 0 Å². The van der Waals surface area contributed by atoms with Gasteiger partial charge in [-0.2, -0.15) is 0 Å². The number of pyridine rings is 1. The van der Waals surface area contributed by atoms with Gasteiger partial charge < -0.3 is 14.2 Å². The lowest BCUT2D eigenvalue weighted by molar-refractivity contribution is 0.249. The number of ether oxygens (including phenoxy) is 1. The summed E-state index contributed by atoms with van der Waals surface area (Å²) >= 11 is 0. The van der Waals surface area contributed by atoms with Crippen molar-refractivity contribution in [3.8, 4) is 5.75 Å². The lowest BCUT2D eigenvalue weighted by Crippen LogP contribution is -2.46. The molecule has 0 unspecified atom stereocenters. The van der Waals surface area contributed by atoms with Gasteiger partial charge >= 0.3 is 0 Å². The van der Waals surface area contributed by atoms with Crippen molar-refractivity contribution < 1.29 is 4.74 Å². The molecule has 1 aliphatic rings. The summed E-state index contributed by atoms with van der Waals surface area (Å²) in [6.07, 6.45) is 1.84. The number of rotatable bonds is 4. The van der Waals surface area contributed by atoms with E-state index in [9.17, 15) is 4.79 Å². The molecule has 0 amide bonds. The molecular formula is C18H23N3O2. The van der Waals surface area contributed by atoms with Crippen molar-refractivity contribution in [2.45, 2.75) is 6.54 Å². The van der Waals surface area contributed by atoms with Gasteiger partial charge in [-0.15, -0.1) is 0 Å². The average Bonchev–Trinajstić information content (AvgIpc) is 2.59. The molecule has 0 saturated carbocycles. The average molecular weight is 313 g/mol. The van der Waals surface area contributed by atoms with Gasteiger partial charge in [0, 0.05) is 63.8 Å². The zero-order valence-electron chi connectivity index (χ0n) is 13.7. The van der Waals surface area contributed by atoms with Crippen LogP contribution in [0.3, 0.4) is 0 Å². The predicted molar refractivity (Wildman–Crippen MR) is 92.2 cm³/mol. The van der Waals surface area contributed by atoms with Crippen LogP contribution in [0.5, 0.6) is 5.75 Å². The Morgan fingerprint density at radius 3 is 2.57 bits per heavy atom. The molecule has 1 aromatic heterocycles. The van der Waals surface area contributed by atoms with E-state index in [2.05, 4.69) is 21.9 Å². The van der Waals surface area contributed by atoms with Crippen molar-refractivity contribution in [1.29, 1.82) is 0 Å². The normalized spacial score (nSPS) is 15.7. The molecule has 0 bridgehead atoms. The zero-order valence-corrected chi connectivity index (χ0v) is 13.7. The Hall–Kier alpha value is -2.27. The SMILES string of the molecule is COc1cccc(N2CCN(Cc3ccn(C)c(=O)c3)CC2)c1. The van der Waals surface area contributed by atoms with Crippen LogP contribution >= 0.6 is 0 Å². The molecule has 2 heterocycles. The predicted octanol–water partition coefficient (Wildman–Crippen LogP) is 1.72. The maximum Gasteiger partial charge on any atom is 0.250 e. The number of aromatic nitrogens is 1. The van der Waals surface area contributed by atoms with Crippen LogP contribution in [-0.2, 0) is 13.6 Å². The third kappa shape index (κ3) is 3.74. The largest absolute Gasteiger partial charge is 0.497 e. The lowest BCUT2D eigenvalue weighted by Gasteiger charge is -2.36. The number of piperazine rings is 1. The highest BCUT2D eigenvalue weighted by atomic mass is 16.5. The number of nitrogens with zero attached hydrogens (tertiary/aromatic N) is 3. The molecule has 5 heteroatoms. The van der Waals surface area contributed by atoms with Gasteiger partial charge in [-0.05, 0) is 23.8 Å². The standard InChI is InChI=1S/C18H23N3O2/c1-19-7-6-15(12-18(19)22)14-20-8-10-21(11-9-20)16-4-3-5-17(13-16)23-2/h3-7,12-13H,8-11,14H2,1-2H3. The fourth-order valence-corrected chi connectivity index (χ4v) is 2.92.